The number of H-pyrrole nitrogens is 1. The highest BCUT2D eigenvalue weighted by molar-refractivity contribution is 8.03. The summed E-state index contributed by atoms with van der Waals surface area (Å²) in [6.45, 7) is 2.27. The highest BCUT2D eigenvalue weighted by atomic mass is 32.2. The number of thioether (sulfide) groups is 2. The molecule has 0 bridgehead atoms. The first kappa shape index (κ1) is 50.6. The summed E-state index contributed by atoms with van der Waals surface area (Å²) < 4.78 is 4.76. The van der Waals surface area contributed by atoms with Crippen LogP contribution >= 0.6 is 105 Å². The average Bonchev–Trinajstić information content (AvgIpc) is 4.10. The van der Waals surface area contributed by atoms with Gasteiger partial charge in [-0.25, -0.2) is 29.9 Å². The lowest BCUT2D eigenvalue weighted by Gasteiger charge is -2.01. The zero-order valence-electron chi connectivity index (χ0n) is 34.3. The maximum absolute atomic E-state index is 9.07. The first-order valence-electron chi connectivity index (χ1n) is 19.7. The number of hydrogen-bond donors (Lipinski definition) is 1. The van der Waals surface area contributed by atoms with Gasteiger partial charge in [-0.05, 0) is 59.5 Å². The monoisotopic (exact) mass is 1020 g/mol. The molecule has 328 valence electrons. The first-order valence-corrected chi connectivity index (χ1v) is 26.9. The number of rotatable bonds is 21. The van der Waals surface area contributed by atoms with Gasteiger partial charge in [0.1, 0.15) is 33.3 Å². The summed E-state index contributed by atoms with van der Waals surface area (Å²) in [4.78, 5) is 24.3. The largest absolute Gasteiger partial charge is 0.257 e. The van der Waals surface area contributed by atoms with Gasteiger partial charge in [-0.15, -0.1) is 20.4 Å². The van der Waals surface area contributed by atoms with E-state index in [2.05, 4.69) is 85.6 Å². The predicted molar refractivity (Wildman–Crippen MR) is 258 cm³/mol. The summed E-state index contributed by atoms with van der Waals surface area (Å²) in [5.41, 5.74) is 2.18. The third-order valence-electron chi connectivity index (χ3n) is 7.99. The molecule has 7 rings (SSSR count). The molecule has 0 fully saturated rings. The molecule has 0 atom stereocenters. The molecule has 6 heterocycles. The topological polar surface area (TPSA) is 229 Å². The fraction of sp³-hybridized carbons (Fsp3) is 0.325. The molecule has 0 aliphatic heterocycles. The van der Waals surface area contributed by atoms with E-state index in [0.717, 1.165) is 33.2 Å². The number of aromatic amines is 1. The molecular formula is C40H39N15S9. The van der Waals surface area contributed by atoms with Crippen LogP contribution in [0.1, 0.15) is 93.8 Å². The summed E-state index contributed by atoms with van der Waals surface area (Å²) in [5.74, 6) is 1.94. The Kier molecular flexibility index (Phi) is 23.6. The van der Waals surface area contributed by atoms with E-state index in [-0.39, 0.29) is 0 Å². The van der Waals surface area contributed by atoms with Crippen molar-refractivity contribution in [3.05, 3.63) is 94.1 Å². The van der Waals surface area contributed by atoms with Crippen molar-refractivity contribution in [3.63, 3.8) is 0 Å². The molecule has 0 unspecified atom stereocenters. The number of nitrogens with zero attached hydrogens (tertiary/aromatic N) is 14. The highest BCUT2D eigenvalue weighted by Crippen LogP contribution is 2.35. The van der Waals surface area contributed by atoms with Gasteiger partial charge < -0.3 is 0 Å². The van der Waals surface area contributed by atoms with Crippen LogP contribution in [0.3, 0.4) is 0 Å². The van der Waals surface area contributed by atoms with Gasteiger partial charge in [0.25, 0.3) is 0 Å². The normalized spacial score (nSPS) is 10.4. The zero-order chi connectivity index (χ0) is 45.0. The molecule has 1 aromatic carbocycles. The van der Waals surface area contributed by atoms with Crippen molar-refractivity contribution in [3.8, 4) is 18.2 Å². The van der Waals surface area contributed by atoms with Crippen molar-refractivity contribution in [1.29, 1.82) is 15.8 Å². The van der Waals surface area contributed by atoms with Gasteiger partial charge in [0.15, 0.2) is 42.7 Å². The van der Waals surface area contributed by atoms with Crippen molar-refractivity contribution in [1.82, 2.24) is 60.5 Å². The van der Waals surface area contributed by atoms with Gasteiger partial charge in [0.05, 0.1) is 0 Å². The Morgan fingerprint density at radius 2 is 0.969 bits per heavy atom. The molecule has 0 radical (unpaired) electrons. The predicted octanol–water partition coefficient (Wildman–Crippen LogP) is 12.0. The molecular weight excluding hydrogens is 979 g/mol. The van der Waals surface area contributed by atoms with Gasteiger partial charge in [-0.3, -0.25) is 5.10 Å². The molecule has 6 aromatic heterocycles. The van der Waals surface area contributed by atoms with E-state index in [1.165, 1.54) is 153 Å². The lowest BCUT2D eigenvalue weighted by atomic mass is 10.1. The second kappa shape index (κ2) is 29.9. The molecule has 15 nitrogen and oxygen atoms in total. The Bertz CT molecular complexity index is 2630. The van der Waals surface area contributed by atoms with Gasteiger partial charge in [0.2, 0.25) is 0 Å². The molecule has 0 aliphatic rings. The number of aromatic nitrogens is 12. The van der Waals surface area contributed by atoms with Crippen LogP contribution in [0.15, 0.2) is 104 Å². The van der Waals surface area contributed by atoms with E-state index in [0.29, 0.717) is 36.1 Å². The van der Waals surface area contributed by atoms with E-state index >= 15 is 0 Å². The van der Waals surface area contributed by atoms with Gasteiger partial charge in [-0.2, -0.15) is 20.9 Å². The second-order valence-electron chi connectivity index (χ2n) is 12.6. The second-order valence-corrected chi connectivity index (χ2v) is 22.5. The number of hydrogen-bond acceptors (Lipinski definition) is 23. The lowest BCUT2D eigenvalue weighted by Crippen LogP contribution is -1.89. The minimum atomic E-state index is 0.295. The molecule has 0 saturated heterocycles. The summed E-state index contributed by atoms with van der Waals surface area (Å²) in [6, 6.07) is 16.3. The number of unbranched alkanes of at least 4 members (excludes halogenated alkanes) is 9. The third kappa shape index (κ3) is 18.6. The fourth-order valence-electron chi connectivity index (χ4n) is 5.00. The first-order chi connectivity index (χ1) is 31.5. The maximum Gasteiger partial charge on any atom is 0.181 e. The van der Waals surface area contributed by atoms with E-state index in [1.807, 2.05) is 30.3 Å². The summed E-state index contributed by atoms with van der Waals surface area (Å²) in [6.07, 6.45) is 22.8. The van der Waals surface area contributed by atoms with Crippen LogP contribution < -0.4 is 0 Å². The molecule has 0 saturated carbocycles. The Morgan fingerprint density at radius 1 is 0.531 bits per heavy atom. The van der Waals surface area contributed by atoms with Crippen molar-refractivity contribution in [2.45, 2.75) is 114 Å². The molecule has 24 heteroatoms. The average molecular weight is 1020 g/mol. The molecule has 64 heavy (non-hydrogen) atoms. The van der Waals surface area contributed by atoms with E-state index in [1.54, 1.807) is 47.3 Å². The fourth-order valence-corrected chi connectivity index (χ4v) is 12.9. The third-order valence-corrected chi connectivity index (χ3v) is 16.5. The molecule has 7 aromatic rings. The van der Waals surface area contributed by atoms with E-state index in [4.69, 9.17) is 28.0 Å². The van der Waals surface area contributed by atoms with Crippen LogP contribution in [0.2, 0.25) is 0 Å². The minimum Gasteiger partial charge on any atom is -0.257 e. The molecule has 0 spiro atoms. The number of nitriles is 3. The van der Waals surface area contributed by atoms with Crippen LogP contribution in [0, 0.1) is 37.9 Å². The zero-order valence-corrected chi connectivity index (χ0v) is 41.6. The van der Waals surface area contributed by atoms with Crippen molar-refractivity contribution >= 4 is 105 Å². The highest BCUT2D eigenvalue weighted by Gasteiger charge is 2.13. The summed E-state index contributed by atoms with van der Waals surface area (Å²) >= 11 is 16.6. The van der Waals surface area contributed by atoms with E-state index in [9.17, 15) is 0 Å². The van der Waals surface area contributed by atoms with Gasteiger partial charge >= 0.3 is 0 Å². The van der Waals surface area contributed by atoms with Crippen LogP contribution in [0.4, 0.5) is 0 Å². The summed E-state index contributed by atoms with van der Waals surface area (Å²) in [7, 11) is 0. The van der Waals surface area contributed by atoms with Crippen molar-refractivity contribution in [2.75, 3.05) is 5.75 Å². The Labute approximate surface area is 409 Å². The van der Waals surface area contributed by atoms with E-state index < -0.39 is 0 Å². The van der Waals surface area contributed by atoms with Gasteiger partial charge in [-0.1, -0.05) is 153 Å². The van der Waals surface area contributed by atoms with Crippen LogP contribution in [0.25, 0.3) is 0 Å². The van der Waals surface area contributed by atoms with Gasteiger partial charge in [0, 0.05) is 48.7 Å². The Morgan fingerprint density at radius 3 is 1.44 bits per heavy atom. The number of nitrogens with one attached hydrogen (secondary N) is 1. The maximum atomic E-state index is 9.07. The number of benzene rings is 1. The SMILES string of the molecule is CCCCCCCCCCCCSc1nnc(Sc2nccnc2C#N)s1.N#Cc1nccnc1Sc1n[nH]c(=S)s1.N#Cc1nccnc1Sc1nnc(SCc2ccccc2)s1. The van der Waals surface area contributed by atoms with Crippen molar-refractivity contribution < 1.29 is 0 Å². The Balaban J connectivity index is 0.000000188. The quantitative estimate of drug-likeness (QED) is 0.0401. The van der Waals surface area contributed by atoms with Crippen LogP contribution in [0.5, 0.6) is 0 Å². The summed E-state index contributed by atoms with van der Waals surface area (Å²) in [5, 5.41) is 51.9. The molecule has 1 N–H and O–H groups in total. The lowest BCUT2D eigenvalue weighted by molar-refractivity contribution is 0.563. The Hall–Kier alpha value is -4.42. The minimum absolute atomic E-state index is 0.295. The van der Waals surface area contributed by atoms with Crippen molar-refractivity contribution in [2.24, 2.45) is 0 Å². The van der Waals surface area contributed by atoms with Crippen LogP contribution in [-0.4, -0.2) is 66.2 Å². The molecule has 0 amide bonds. The smallest absolute Gasteiger partial charge is 0.181 e. The standard InChI is InChI=1S/C19H27N5S3.C14H9N5S3.C7H3N5S3/c1-2-3-4-5-6-7-8-9-10-11-14-25-18-23-24-19(27-18)26-17-16(15-20)21-12-13-22-17;15-8-11-12(17-7-6-16-11)21-14-19-18-13(22-14)20-9-10-4-2-1-3-5-10;8-3-4-5(10-2-1-9-4)14-7-12-11-6(13)15-7/h12-13H,2-11,14H2,1H3;1-7H,9H2;1-2H,(H,11,13). The molecule has 0 aliphatic carbocycles. The van der Waals surface area contributed by atoms with Crippen LogP contribution in [-0.2, 0) is 5.75 Å².